The molecule has 1 aliphatic heterocycles. The summed E-state index contributed by atoms with van der Waals surface area (Å²) in [6.07, 6.45) is 0.471. The molecule has 0 atom stereocenters. The Morgan fingerprint density at radius 3 is 1.90 bits per heavy atom. The molecule has 0 saturated heterocycles. The van der Waals surface area contributed by atoms with Gasteiger partial charge in [0.1, 0.15) is 0 Å². The van der Waals surface area contributed by atoms with Gasteiger partial charge in [0.2, 0.25) is 0 Å². The summed E-state index contributed by atoms with van der Waals surface area (Å²) >= 11 is 0. The molecule has 1 N–H and O–H groups in total. The van der Waals surface area contributed by atoms with Crippen LogP contribution < -0.4 is 9.47 Å². The molecule has 0 spiro atoms. The van der Waals surface area contributed by atoms with Gasteiger partial charge in [-0.05, 0) is 38.0 Å². The first-order valence-electron chi connectivity index (χ1n) is 9.54. The third-order valence-electron chi connectivity index (χ3n) is 5.26. The molecule has 0 unspecified atom stereocenters. The first-order valence-corrected chi connectivity index (χ1v) is 9.54. The maximum absolute atomic E-state index is 12.8. The van der Waals surface area contributed by atoms with E-state index in [-0.39, 0.29) is 6.61 Å². The molecule has 0 amide bonds. The molecule has 0 aliphatic carbocycles. The summed E-state index contributed by atoms with van der Waals surface area (Å²) in [6.45, 7) is 4.02. The van der Waals surface area contributed by atoms with Crippen molar-refractivity contribution in [3.05, 3.63) is 46.3 Å². The van der Waals surface area contributed by atoms with Gasteiger partial charge in [0, 0.05) is 24.5 Å². The first kappa shape index (κ1) is 23.3. The summed E-state index contributed by atoms with van der Waals surface area (Å²) in [5, 5.41) is 9.28. The van der Waals surface area contributed by atoms with Gasteiger partial charge in [-0.15, -0.1) is 0 Å². The van der Waals surface area contributed by atoms with Crippen LogP contribution in [0.4, 0.5) is 0 Å². The number of hydrogen-bond acceptors (Lipinski definition) is 8. The zero-order valence-corrected chi connectivity index (χ0v) is 18.3. The summed E-state index contributed by atoms with van der Waals surface area (Å²) in [5.74, 6) is -0.802. The molecule has 8 heteroatoms. The lowest BCUT2D eigenvalue weighted by molar-refractivity contribution is -0.137. The van der Waals surface area contributed by atoms with Crippen LogP contribution in [0, 0.1) is 0 Å². The number of nitrogens with zero attached hydrogens (tertiary/aromatic N) is 1. The quantitative estimate of drug-likeness (QED) is 0.642. The van der Waals surface area contributed by atoms with Crippen LogP contribution in [-0.4, -0.2) is 63.5 Å². The Bertz CT molecular complexity index is 832. The van der Waals surface area contributed by atoms with Gasteiger partial charge in [0.15, 0.2) is 11.5 Å². The van der Waals surface area contributed by atoms with Gasteiger partial charge < -0.3 is 29.0 Å². The summed E-state index contributed by atoms with van der Waals surface area (Å²) in [7, 11) is 5.65. The molecule has 1 heterocycles. The number of ether oxygens (including phenoxy) is 4. The van der Waals surface area contributed by atoms with Crippen LogP contribution in [0.25, 0.3) is 0 Å². The molecule has 1 aromatic rings. The zero-order valence-electron chi connectivity index (χ0n) is 18.3. The zero-order chi connectivity index (χ0) is 22.4. The minimum atomic E-state index is -0.713. The van der Waals surface area contributed by atoms with Crippen molar-refractivity contribution in [1.82, 2.24) is 4.90 Å². The fraction of sp³-hybridized carbons (Fsp3) is 0.455. The number of allylic oxidation sites excluding steroid dienone is 2. The Morgan fingerprint density at radius 1 is 0.933 bits per heavy atom. The van der Waals surface area contributed by atoms with Crippen LogP contribution in [0.2, 0.25) is 0 Å². The molecule has 0 radical (unpaired) electrons. The van der Waals surface area contributed by atoms with Gasteiger partial charge in [-0.3, -0.25) is 0 Å². The topological polar surface area (TPSA) is 94.5 Å². The van der Waals surface area contributed by atoms with Crippen LogP contribution in [0.3, 0.4) is 0 Å². The predicted molar refractivity (Wildman–Crippen MR) is 110 cm³/mol. The number of carbonyl (C=O) groups is 2. The average molecular weight is 419 g/mol. The lowest BCUT2D eigenvalue weighted by Crippen LogP contribution is -2.35. The largest absolute Gasteiger partial charge is 0.493 e. The number of esters is 2. The molecule has 0 fully saturated rings. The van der Waals surface area contributed by atoms with Crippen LogP contribution in [0.15, 0.2) is 40.7 Å². The van der Waals surface area contributed by atoms with Gasteiger partial charge in [-0.25, -0.2) is 9.59 Å². The highest BCUT2D eigenvalue weighted by Crippen LogP contribution is 2.44. The monoisotopic (exact) mass is 419 g/mol. The number of rotatable bonds is 8. The minimum absolute atomic E-state index is 0.0166. The van der Waals surface area contributed by atoms with E-state index >= 15 is 0 Å². The number of carbonyl (C=O) groups excluding carboxylic acids is 2. The lowest BCUT2D eigenvalue weighted by Gasteiger charge is -2.37. The van der Waals surface area contributed by atoms with Gasteiger partial charge in [0.25, 0.3) is 0 Å². The number of hydrogen-bond donors (Lipinski definition) is 1. The van der Waals surface area contributed by atoms with Gasteiger partial charge in [-0.1, -0.05) is 6.07 Å². The second-order valence-corrected chi connectivity index (χ2v) is 6.76. The average Bonchev–Trinajstić information content (AvgIpc) is 2.77. The van der Waals surface area contributed by atoms with Crippen LogP contribution in [0.5, 0.6) is 11.5 Å². The highest BCUT2D eigenvalue weighted by molar-refractivity contribution is 5.99. The Morgan fingerprint density at radius 2 is 1.47 bits per heavy atom. The van der Waals surface area contributed by atoms with E-state index in [9.17, 15) is 14.7 Å². The van der Waals surface area contributed by atoms with Crippen LogP contribution in [0.1, 0.15) is 31.7 Å². The van der Waals surface area contributed by atoms with E-state index in [1.807, 2.05) is 4.90 Å². The van der Waals surface area contributed by atoms with Crippen molar-refractivity contribution in [3.63, 3.8) is 0 Å². The maximum Gasteiger partial charge on any atom is 0.336 e. The molecule has 8 nitrogen and oxygen atoms in total. The van der Waals surface area contributed by atoms with Gasteiger partial charge in [0.05, 0.1) is 45.5 Å². The molecule has 30 heavy (non-hydrogen) atoms. The van der Waals surface area contributed by atoms with Crippen molar-refractivity contribution < 1.29 is 33.6 Å². The maximum atomic E-state index is 12.8. The summed E-state index contributed by atoms with van der Waals surface area (Å²) in [5.41, 5.74) is 2.62. The fourth-order valence-electron chi connectivity index (χ4n) is 3.79. The van der Waals surface area contributed by atoms with E-state index in [2.05, 4.69) is 0 Å². The first-order chi connectivity index (χ1) is 14.4. The number of aliphatic hydroxyl groups is 1. The second kappa shape index (κ2) is 10.2. The van der Waals surface area contributed by atoms with E-state index in [1.165, 1.54) is 28.4 Å². The van der Waals surface area contributed by atoms with Gasteiger partial charge >= 0.3 is 11.9 Å². The fourth-order valence-corrected chi connectivity index (χ4v) is 3.79. The van der Waals surface area contributed by atoms with Gasteiger partial charge in [-0.2, -0.15) is 0 Å². The molecule has 2 rings (SSSR count). The molecule has 0 saturated carbocycles. The third kappa shape index (κ3) is 4.28. The second-order valence-electron chi connectivity index (χ2n) is 6.76. The molecule has 164 valence electrons. The smallest absolute Gasteiger partial charge is 0.336 e. The molecule has 1 aromatic carbocycles. The van der Waals surface area contributed by atoms with Crippen LogP contribution >= 0.6 is 0 Å². The molecule has 1 aliphatic rings. The Balaban J connectivity index is 2.78. The van der Waals surface area contributed by atoms with Crippen molar-refractivity contribution in [2.24, 2.45) is 0 Å². The molecular weight excluding hydrogens is 390 g/mol. The van der Waals surface area contributed by atoms with E-state index in [0.29, 0.717) is 52.6 Å². The molecule has 0 aromatic heterocycles. The minimum Gasteiger partial charge on any atom is -0.493 e. The Labute approximate surface area is 176 Å². The number of benzene rings is 1. The predicted octanol–water partition coefficient (Wildman–Crippen LogP) is 2.38. The highest BCUT2D eigenvalue weighted by atomic mass is 16.5. The summed E-state index contributed by atoms with van der Waals surface area (Å²) in [4.78, 5) is 27.5. The third-order valence-corrected chi connectivity index (χ3v) is 5.26. The van der Waals surface area contributed by atoms with Crippen molar-refractivity contribution in [2.75, 3.05) is 41.6 Å². The Kier molecular flexibility index (Phi) is 7.88. The van der Waals surface area contributed by atoms with E-state index in [4.69, 9.17) is 18.9 Å². The number of aliphatic hydroxyl groups excluding tert-OH is 1. The standard InChI is InChI=1S/C22H29NO7/c1-13-18(21(25)29-5)20(15-8-9-16(27-3)17(12-15)28-4)19(22(26)30-6)14(2)23(13)10-7-11-24/h8-9,12,20,24H,7,10-11H2,1-6H3. The van der Waals surface area contributed by atoms with Crippen molar-refractivity contribution >= 4 is 11.9 Å². The molecule has 0 bridgehead atoms. The number of methoxy groups -OCH3 is 4. The summed E-state index contributed by atoms with van der Waals surface area (Å²) in [6, 6.07) is 5.24. The Hall–Kier alpha value is -3.00. The van der Waals surface area contributed by atoms with E-state index in [1.54, 1.807) is 32.0 Å². The molecular formula is C22H29NO7. The SMILES string of the molecule is COC(=O)C1=C(C)N(CCCO)C(C)=C(C(=O)OC)C1c1ccc(OC)c(OC)c1. The van der Waals surface area contributed by atoms with Crippen molar-refractivity contribution in [3.8, 4) is 11.5 Å². The van der Waals surface area contributed by atoms with E-state index < -0.39 is 17.9 Å². The van der Waals surface area contributed by atoms with Crippen LogP contribution in [-0.2, 0) is 19.1 Å². The lowest BCUT2D eigenvalue weighted by atomic mass is 9.79. The van der Waals surface area contributed by atoms with Crippen molar-refractivity contribution in [2.45, 2.75) is 26.2 Å². The van der Waals surface area contributed by atoms with E-state index in [0.717, 1.165) is 0 Å². The summed E-state index contributed by atoms with van der Waals surface area (Å²) < 4.78 is 20.8. The van der Waals surface area contributed by atoms with Crippen molar-refractivity contribution in [1.29, 1.82) is 0 Å². The highest BCUT2D eigenvalue weighted by Gasteiger charge is 2.40. The normalized spacial score (nSPS) is 14.7.